The molecule has 0 aromatic carbocycles. The summed E-state index contributed by atoms with van der Waals surface area (Å²) in [5.41, 5.74) is 0.687. The summed E-state index contributed by atoms with van der Waals surface area (Å²) in [6, 6.07) is 1.29. The number of carboxylic acid groups (broad SMARTS) is 1. The highest BCUT2D eigenvalue weighted by atomic mass is 16.4. The number of carbonyl (C=O) groups excluding carboxylic acids is 1. The molecule has 0 saturated carbocycles. The van der Waals surface area contributed by atoms with E-state index in [0.29, 0.717) is 12.1 Å². The summed E-state index contributed by atoms with van der Waals surface area (Å²) in [6.45, 7) is 4.29. The van der Waals surface area contributed by atoms with Gasteiger partial charge in [-0.1, -0.05) is 13.8 Å². The van der Waals surface area contributed by atoms with Crippen molar-refractivity contribution in [2.45, 2.75) is 26.8 Å². The fourth-order valence-corrected chi connectivity index (χ4v) is 1.71. The molecule has 2 amide bonds. The molecule has 7 nitrogen and oxygen atoms in total. The molecule has 3 N–H and O–H groups in total. The first-order valence-electron chi connectivity index (χ1n) is 6.48. The zero-order valence-corrected chi connectivity index (χ0v) is 11.7. The van der Waals surface area contributed by atoms with Crippen molar-refractivity contribution in [2.75, 3.05) is 6.54 Å². The van der Waals surface area contributed by atoms with E-state index in [1.165, 1.54) is 6.33 Å². The van der Waals surface area contributed by atoms with Crippen LogP contribution in [-0.4, -0.2) is 33.6 Å². The van der Waals surface area contributed by atoms with E-state index in [9.17, 15) is 9.59 Å². The van der Waals surface area contributed by atoms with Crippen LogP contribution in [0.2, 0.25) is 0 Å². The number of hydrogen-bond donors (Lipinski definition) is 3. The number of hydrogen-bond acceptors (Lipinski definition) is 4. The van der Waals surface area contributed by atoms with Crippen LogP contribution >= 0.6 is 0 Å². The number of aromatic nitrogens is 2. The van der Waals surface area contributed by atoms with Gasteiger partial charge in [0.05, 0.1) is 18.2 Å². The molecule has 1 aromatic heterocycles. The monoisotopic (exact) mass is 280 g/mol. The summed E-state index contributed by atoms with van der Waals surface area (Å²) >= 11 is 0. The predicted molar refractivity (Wildman–Crippen MR) is 72.9 cm³/mol. The Labute approximate surface area is 117 Å². The second kappa shape index (κ2) is 8.08. The Morgan fingerprint density at radius 2 is 2.10 bits per heavy atom. The Bertz CT molecular complexity index is 437. The van der Waals surface area contributed by atoms with Crippen molar-refractivity contribution in [1.82, 2.24) is 20.6 Å². The summed E-state index contributed by atoms with van der Waals surface area (Å²) < 4.78 is 0. The lowest BCUT2D eigenvalue weighted by atomic mass is 9.97. The summed E-state index contributed by atoms with van der Waals surface area (Å²) in [5.74, 6) is -1.20. The van der Waals surface area contributed by atoms with E-state index in [1.54, 1.807) is 12.3 Å². The standard InChI is InChI=1S/C13H20N4O3/c1-9(2)5-10(12(18)19)6-15-13(20)16-7-11-3-4-14-8-17-11/h3-4,8-10H,5-7H2,1-2H3,(H,18,19)(H2,15,16,20). The highest BCUT2D eigenvalue weighted by Crippen LogP contribution is 2.10. The van der Waals surface area contributed by atoms with E-state index in [0.717, 1.165) is 0 Å². The molecule has 0 aliphatic heterocycles. The molecule has 0 radical (unpaired) electrons. The number of amides is 2. The first-order valence-corrected chi connectivity index (χ1v) is 6.48. The van der Waals surface area contributed by atoms with Crippen molar-refractivity contribution in [1.29, 1.82) is 0 Å². The Morgan fingerprint density at radius 1 is 1.35 bits per heavy atom. The maximum absolute atomic E-state index is 11.6. The van der Waals surface area contributed by atoms with Crippen molar-refractivity contribution in [2.24, 2.45) is 11.8 Å². The molecule has 1 unspecified atom stereocenters. The summed E-state index contributed by atoms with van der Waals surface area (Å²) in [6.07, 6.45) is 3.52. The molecule has 0 bridgehead atoms. The van der Waals surface area contributed by atoms with Gasteiger partial charge in [-0.15, -0.1) is 0 Å². The third-order valence-corrected chi connectivity index (χ3v) is 2.69. The SMILES string of the molecule is CC(C)CC(CNC(=O)NCc1ccncn1)C(=O)O. The third kappa shape index (κ3) is 6.12. The van der Waals surface area contributed by atoms with Crippen molar-refractivity contribution in [3.63, 3.8) is 0 Å². The van der Waals surface area contributed by atoms with Gasteiger partial charge in [-0.05, 0) is 18.4 Å². The molecule has 0 aliphatic rings. The summed E-state index contributed by atoms with van der Waals surface area (Å²) in [5, 5.41) is 14.2. The van der Waals surface area contributed by atoms with Gasteiger partial charge < -0.3 is 15.7 Å². The molecule has 0 fully saturated rings. The fraction of sp³-hybridized carbons (Fsp3) is 0.538. The molecule has 0 spiro atoms. The Balaban J connectivity index is 2.32. The van der Waals surface area contributed by atoms with Gasteiger partial charge in [-0.2, -0.15) is 0 Å². The van der Waals surface area contributed by atoms with Crippen LogP contribution < -0.4 is 10.6 Å². The van der Waals surface area contributed by atoms with Crippen LogP contribution in [0.15, 0.2) is 18.6 Å². The topological polar surface area (TPSA) is 104 Å². The predicted octanol–water partition coefficient (Wildman–Crippen LogP) is 1.02. The normalized spacial score (nSPS) is 11.9. The van der Waals surface area contributed by atoms with Crippen LogP contribution in [0, 0.1) is 11.8 Å². The molecular formula is C13H20N4O3. The Kier molecular flexibility index (Phi) is 6.42. The molecule has 1 atom stereocenters. The second-order valence-corrected chi connectivity index (χ2v) is 4.93. The largest absolute Gasteiger partial charge is 0.481 e. The average molecular weight is 280 g/mol. The summed E-state index contributed by atoms with van der Waals surface area (Å²) in [7, 11) is 0. The highest BCUT2D eigenvalue weighted by molar-refractivity contribution is 5.75. The Hall–Kier alpha value is -2.18. The van der Waals surface area contributed by atoms with Crippen molar-refractivity contribution in [3.8, 4) is 0 Å². The molecule has 7 heteroatoms. The molecule has 0 saturated heterocycles. The average Bonchev–Trinajstić information content (AvgIpc) is 2.41. The van der Waals surface area contributed by atoms with E-state index in [2.05, 4.69) is 20.6 Å². The number of urea groups is 1. The Morgan fingerprint density at radius 3 is 2.65 bits per heavy atom. The minimum Gasteiger partial charge on any atom is -0.481 e. The second-order valence-electron chi connectivity index (χ2n) is 4.93. The number of carbonyl (C=O) groups is 2. The van der Waals surface area contributed by atoms with Crippen molar-refractivity contribution < 1.29 is 14.7 Å². The van der Waals surface area contributed by atoms with Crippen LogP contribution in [0.5, 0.6) is 0 Å². The first kappa shape index (κ1) is 15.9. The van der Waals surface area contributed by atoms with Crippen LogP contribution in [0.25, 0.3) is 0 Å². The van der Waals surface area contributed by atoms with E-state index < -0.39 is 17.9 Å². The van der Waals surface area contributed by atoms with E-state index >= 15 is 0 Å². The van der Waals surface area contributed by atoms with E-state index in [4.69, 9.17) is 5.11 Å². The first-order chi connectivity index (χ1) is 9.49. The smallest absolute Gasteiger partial charge is 0.315 e. The summed E-state index contributed by atoms with van der Waals surface area (Å²) in [4.78, 5) is 30.3. The number of nitrogens with one attached hydrogen (secondary N) is 2. The van der Waals surface area contributed by atoms with Crippen LogP contribution in [0.3, 0.4) is 0 Å². The van der Waals surface area contributed by atoms with E-state index in [1.807, 2.05) is 13.8 Å². The van der Waals surface area contributed by atoms with Crippen molar-refractivity contribution >= 4 is 12.0 Å². The minimum absolute atomic E-state index is 0.114. The zero-order valence-electron chi connectivity index (χ0n) is 11.7. The number of nitrogens with zero attached hydrogens (tertiary/aromatic N) is 2. The molecule has 1 aromatic rings. The van der Waals surface area contributed by atoms with Gasteiger partial charge in [0, 0.05) is 12.7 Å². The van der Waals surface area contributed by atoms with Gasteiger partial charge in [0.25, 0.3) is 0 Å². The quantitative estimate of drug-likeness (QED) is 0.691. The van der Waals surface area contributed by atoms with E-state index in [-0.39, 0.29) is 19.0 Å². The van der Waals surface area contributed by atoms with Crippen molar-refractivity contribution in [3.05, 3.63) is 24.3 Å². The third-order valence-electron chi connectivity index (χ3n) is 2.69. The van der Waals surface area contributed by atoms with Gasteiger partial charge in [0.1, 0.15) is 6.33 Å². The molecule has 1 heterocycles. The number of aliphatic carboxylic acids is 1. The van der Waals surface area contributed by atoms with Gasteiger partial charge in [0.15, 0.2) is 0 Å². The maximum Gasteiger partial charge on any atom is 0.315 e. The lowest BCUT2D eigenvalue weighted by molar-refractivity contribution is -0.142. The highest BCUT2D eigenvalue weighted by Gasteiger charge is 2.19. The molecule has 110 valence electrons. The van der Waals surface area contributed by atoms with Crippen LogP contribution in [0.4, 0.5) is 4.79 Å². The molecule has 1 rings (SSSR count). The molecule has 20 heavy (non-hydrogen) atoms. The van der Waals surface area contributed by atoms with Crippen LogP contribution in [-0.2, 0) is 11.3 Å². The molecule has 0 aliphatic carbocycles. The maximum atomic E-state index is 11.6. The van der Waals surface area contributed by atoms with Gasteiger partial charge >= 0.3 is 12.0 Å². The number of rotatable bonds is 7. The van der Waals surface area contributed by atoms with Crippen LogP contribution in [0.1, 0.15) is 26.0 Å². The molecular weight excluding hydrogens is 260 g/mol. The van der Waals surface area contributed by atoms with Gasteiger partial charge in [0.2, 0.25) is 0 Å². The number of carboxylic acids is 1. The zero-order chi connectivity index (χ0) is 15.0. The lowest BCUT2D eigenvalue weighted by Gasteiger charge is -2.15. The fourth-order valence-electron chi connectivity index (χ4n) is 1.71. The van der Waals surface area contributed by atoms with Gasteiger partial charge in [-0.3, -0.25) is 4.79 Å². The van der Waals surface area contributed by atoms with Gasteiger partial charge in [-0.25, -0.2) is 14.8 Å². The minimum atomic E-state index is -0.894. The lowest BCUT2D eigenvalue weighted by Crippen LogP contribution is -2.40.